The number of aromatic nitrogens is 2. The third kappa shape index (κ3) is 1.89. The number of nitrogens with two attached hydrogens (primary N) is 1. The number of amides is 1. The smallest absolute Gasteiger partial charge is 0.271 e. The molecule has 5 heteroatoms. The lowest BCUT2D eigenvalue weighted by atomic mass is 10.1. The normalized spacial score (nSPS) is 24.6. The Morgan fingerprint density at radius 2 is 2.38 bits per heavy atom. The number of rotatable bonds is 2. The first-order valence-corrected chi connectivity index (χ1v) is 5.68. The zero-order chi connectivity index (χ0) is 11.7. The molecule has 5 nitrogen and oxygen atoms in total. The zero-order valence-corrected chi connectivity index (χ0v) is 9.73. The maximum absolute atomic E-state index is 12.0. The number of anilines is 1. The molecule has 1 aliphatic rings. The van der Waals surface area contributed by atoms with Gasteiger partial charge >= 0.3 is 0 Å². The largest absolute Gasteiger partial charge is 0.396 e. The Morgan fingerprint density at radius 1 is 1.62 bits per heavy atom. The van der Waals surface area contributed by atoms with E-state index in [4.69, 9.17) is 5.73 Å². The molecule has 3 N–H and O–H groups in total. The van der Waals surface area contributed by atoms with Gasteiger partial charge in [-0.15, -0.1) is 0 Å². The van der Waals surface area contributed by atoms with Crippen LogP contribution in [0.3, 0.4) is 0 Å². The van der Waals surface area contributed by atoms with Crippen molar-refractivity contribution in [1.29, 1.82) is 0 Å². The molecule has 1 aromatic heterocycles. The summed E-state index contributed by atoms with van der Waals surface area (Å²) in [6.07, 6.45) is 4.94. The number of carbonyl (C=O) groups excluding carboxylic acids is 1. The average molecular weight is 222 g/mol. The van der Waals surface area contributed by atoms with Gasteiger partial charge in [0.25, 0.3) is 5.91 Å². The molecule has 0 aromatic carbocycles. The van der Waals surface area contributed by atoms with Crippen molar-refractivity contribution in [3.63, 3.8) is 0 Å². The minimum atomic E-state index is -0.115. The number of nitrogens with zero attached hydrogens (tertiary/aromatic N) is 2. The molecule has 1 saturated carbocycles. The van der Waals surface area contributed by atoms with Crippen molar-refractivity contribution in [2.45, 2.75) is 32.2 Å². The standard InChI is InChI=1S/C11H18N4O/c1-7-4-3-5-9(7)14-11(16)10-8(12)6-13-15(10)2/h6-7,9H,3-5,12H2,1-2H3,(H,14,16). The SMILES string of the molecule is CC1CCCC1NC(=O)c1c(N)cnn1C. The Balaban J connectivity index is 2.08. The monoisotopic (exact) mass is 222 g/mol. The molecule has 1 heterocycles. The molecule has 0 spiro atoms. The highest BCUT2D eigenvalue weighted by atomic mass is 16.2. The van der Waals surface area contributed by atoms with E-state index in [0.29, 0.717) is 17.3 Å². The van der Waals surface area contributed by atoms with E-state index in [-0.39, 0.29) is 11.9 Å². The van der Waals surface area contributed by atoms with Crippen LogP contribution in [0.5, 0.6) is 0 Å². The summed E-state index contributed by atoms with van der Waals surface area (Å²) in [7, 11) is 1.73. The second-order valence-corrected chi connectivity index (χ2v) is 4.56. The van der Waals surface area contributed by atoms with Crippen LogP contribution in [-0.4, -0.2) is 21.7 Å². The fourth-order valence-electron chi connectivity index (χ4n) is 2.33. The quantitative estimate of drug-likeness (QED) is 0.781. The van der Waals surface area contributed by atoms with Crippen LogP contribution in [0.1, 0.15) is 36.7 Å². The molecule has 1 amide bonds. The van der Waals surface area contributed by atoms with Gasteiger partial charge in [-0.1, -0.05) is 13.3 Å². The van der Waals surface area contributed by atoms with Crippen molar-refractivity contribution in [3.05, 3.63) is 11.9 Å². The van der Waals surface area contributed by atoms with E-state index in [1.807, 2.05) is 0 Å². The fraction of sp³-hybridized carbons (Fsp3) is 0.636. The van der Waals surface area contributed by atoms with Crippen molar-refractivity contribution < 1.29 is 4.79 Å². The first kappa shape index (κ1) is 11.0. The van der Waals surface area contributed by atoms with Gasteiger partial charge < -0.3 is 11.1 Å². The molecule has 2 unspecified atom stereocenters. The summed E-state index contributed by atoms with van der Waals surface area (Å²) in [5, 5.41) is 6.99. The third-order valence-corrected chi connectivity index (χ3v) is 3.36. The number of aryl methyl sites for hydroxylation is 1. The molecule has 1 aromatic rings. The van der Waals surface area contributed by atoms with E-state index in [2.05, 4.69) is 17.3 Å². The van der Waals surface area contributed by atoms with Crippen LogP contribution in [0.4, 0.5) is 5.69 Å². The lowest BCUT2D eigenvalue weighted by molar-refractivity contribution is 0.0921. The minimum Gasteiger partial charge on any atom is -0.396 e. The second-order valence-electron chi connectivity index (χ2n) is 4.56. The highest BCUT2D eigenvalue weighted by Gasteiger charge is 2.26. The van der Waals surface area contributed by atoms with Crippen molar-refractivity contribution in [1.82, 2.24) is 15.1 Å². The summed E-state index contributed by atoms with van der Waals surface area (Å²) in [5.41, 5.74) is 6.60. The summed E-state index contributed by atoms with van der Waals surface area (Å²) >= 11 is 0. The van der Waals surface area contributed by atoms with Crippen LogP contribution in [0.15, 0.2) is 6.20 Å². The zero-order valence-electron chi connectivity index (χ0n) is 9.73. The predicted octanol–water partition coefficient (Wildman–Crippen LogP) is 0.921. The van der Waals surface area contributed by atoms with Crippen molar-refractivity contribution in [2.24, 2.45) is 13.0 Å². The number of carbonyl (C=O) groups is 1. The van der Waals surface area contributed by atoms with Crippen LogP contribution < -0.4 is 11.1 Å². The van der Waals surface area contributed by atoms with E-state index >= 15 is 0 Å². The van der Waals surface area contributed by atoms with E-state index in [0.717, 1.165) is 6.42 Å². The van der Waals surface area contributed by atoms with Gasteiger partial charge in [0.15, 0.2) is 0 Å². The van der Waals surface area contributed by atoms with Gasteiger partial charge in [0, 0.05) is 13.1 Å². The molecule has 2 atom stereocenters. The molecular formula is C11H18N4O. The highest BCUT2D eigenvalue weighted by Crippen LogP contribution is 2.25. The summed E-state index contributed by atoms with van der Waals surface area (Å²) in [6, 6.07) is 0.279. The van der Waals surface area contributed by atoms with Crippen LogP contribution in [0.2, 0.25) is 0 Å². The molecule has 88 valence electrons. The summed E-state index contributed by atoms with van der Waals surface area (Å²) in [6.45, 7) is 2.17. The van der Waals surface area contributed by atoms with Gasteiger partial charge in [0.1, 0.15) is 5.69 Å². The predicted molar refractivity (Wildman–Crippen MR) is 61.9 cm³/mol. The van der Waals surface area contributed by atoms with E-state index in [1.54, 1.807) is 7.05 Å². The number of nitrogen functional groups attached to an aromatic ring is 1. The average Bonchev–Trinajstić information content (AvgIpc) is 2.75. The summed E-state index contributed by atoms with van der Waals surface area (Å²) < 4.78 is 1.52. The first-order chi connectivity index (χ1) is 7.59. The molecule has 2 rings (SSSR count). The van der Waals surface area contributed by atoms with Crippen molar-refractivity contribution in [2.75, 3.05) is 5.73 Å². The maximum Gasteiger partial charge on any atom is 0.271 e. The second kappa shape index (κ2) is 4.15. The molecule has 0 aliphatic heterocycles. The molecular weight excluding hydrogens is 204 g/mol. The number of hydrogen-bond acceptors (Lipinski definition) is 3. The summed E-state index contributed by atoms with van der Waals surface area (Å²) in [4.78, 5) is 12.0. The Hall–Kier alpha value is -1.52. The molecule has 1 aliphatic carbocycles. The fourth-order valence-corrected chi connectivity index (χ4v) is 2.33. The van der Waals surface area contributed by atoms with Crippen LogP contribution >= 0.6 is 0 Å². The van der Waals surface area contributed by atoms with Gasteiger partial charge in [0.2, 0.25) is 0 Å². The van der Waals surface area contributed by atoms with Crippen molar-refractivity contribution in [3.8, 4) is 0 Å². The maximum atomic E-state index is 12.0. The summed E-state index contributed by atoms with van der Waals surface area (Å²) in [5.74, 6) is 0.439. The van der Waals surface area contributed by atoms with Gasteiger partial charge in [-0.25, -0.2) is 0 Å². The Morgan fingerprint density at radius 3 is 2.88 bits per heavy atom. The van der Waals surface area contributed by atoms with E-state index in [1.165, 1.54) is 23.7 Å². The topological polar surface area (TPSA) is 72.9 Å². The minimum absolute atomic E-state index is 0.115. The van der Waals surface area contributed by atoms with Crippen LogP contribution in [0, 0.1) is 5.92 Å². The van der Waals surface area contributed by atoms with Gasteiger partial charge in [-0.2, -0.15) is 5.10 Å². The first-order valence-electron chi connectivity index (χ1n) is 5.68. The van der Waals surface area contributed by atoms with Gasteiger partial charge in [0.05, 0.1) is 11.9 Å². The van der Waals surface area contributed by atoms with Crippen LogP contribution in [0.25, 0.3) is 0 Å². The molecule has 1 fully saturated rings. The van der Waals surface area contributed by atoms with Crippen LogP contribution in [-0.2, 0) is 7.05 Å². The van der Waals surface area contributed by atoms with E-state index in [9.17, 15) is 4.79 Å². The van der Waals surface area contributed by atoms with E-state index < -0.39 is 0 Å². The number of hydrogen-bond donors (Lipinski definition) is 2. The Labute approximate surface area is 95.0 Å². The third-order valence-electron chi connectivity index (χ3n) is 3.36. The van der Waals surface area contributed by atoms with Gasteiger partial charge in [-0.3, -0.25) is 9.48 Å². The van der Waals surface area contributed by atoms with Gasteiger partial charge in [-0.05, 0) is 18.8 Å². The highest BCUT2D eigenvalue weighted by molar-refractivity contribution is 5.97. The molecule has 16 heavy (non-hydrogen) atoms. The Bertz CT molecular complexity index is 379. The molecule has 0 radical (unpaired) electrons. The lowest BCUT2D eigenvalue weighted by Crippen LogP contribution is -2.37. The molecule has 0 bridgehead atoms. The lowest BCUT2D eigenvalue weighted by Gasteiger charge is -2.17. The van der Waals surface area contributed by atoms with Crippen molar-refractivity contribution >= 4 is 11.6 Å². The molecule has 0 saturated heterocycles. The Kier molecular flexibility index (Phi) is 2.85. The number of nitrogens with one attached hydrogen (secondary N) is 1.